The number of ether oxygens (including phenoxy) is 3. The first-order valence-corrected chi connectivity index (χ1v) is 20.7. The van der Waals surface area contributed by atoms with E-state index in [-0.39, 0.29) is 55.0 Å². The normalized spacial score (nSPS) is 17.8. The number of thioether (sulfide) groups is 1. The number of sulfonamides is 1. The molecule has 0 aliphatic carbocycles. The number of benzene rings is 2. The number of carbonyl (C=O) groups excluding carboxylic acids is 5. The number of hydrogen-bond donors (Lipinski definition) is 4. The van der Waals surface area contributed by atoms with Crippen molar-refractivity contribution in [2.45, 2.75) is 74.2 Å². The van der Waals surface area contributed by atoms with Gasteiger partial charge in [-0.2, -0.15) is 4.31 Å². The van der Waals surface area contributed by atoms with Gasteiger partial charge in [0.25, 0.3) is 0 Å². The highest BCUT2D eigenvalue weighted by molar-refractivity contribution is 8.02. The lowest BCUT2D eigenvalue weighted by molar-refractivity contribution is -0.142. The topological polar surface area (TPSA) is 230 Å². The first-order valence-electron chi connectivity index (χ1n) is 18.2. The maximum Gasteiger partial charge on any atom is 0.415 e. The van der Waals surface area contributed by atoms with Gasteiger partial charge >= 0.3 is 24.2 Å². The van der Waals surface area contributed by atoms with Crippen LogP contribution in [0.25, 0.3) is 0 Å². The number of nitrogens with zero attached hydrogens (tertiary/aromatic N) is 3. The fourth-order valence-corrected chi connectivity index (χ4v) is 9.47. The van der Waals surface area contributed by atoms with Gasteiger partial charge in [0, 0.05) is 43.9 Å². The zero-order chi connectivity index (χ0) is 41.9. The van der Waals surface area contributed by atoms with E-state index in [0.717, 1.165) is 9.87 Å². The zero-order valence-electron chi connectivity index (χ0n) is 32.5. The lowest BCUT2D eigenvalue weighted by atomic mass is 10.0. The number of rotatable bonds is 15. The van der Waals surface area contributed by atoms with Crippen molar-refractivity contribution < 1.29 is 56.5 Å². The predicted molar refractivity (Wildman–Crippen MR) is 208 cm³/mol. The van der Waals surface area contributed by atoms with E-state index >= 15 is 0 Å². The zero-order valence-corrected chi connectivity index (χ0v) is 34.2. The van der Waals surface area contributed by atoms with E-state index in [2.05, 4.69) is 25.4 Å². The number of amides is 5. The molecule has 0 saturated carbocycles. The summed E-state index contributed by atoms with van der Waals surface area (Å²) in [7, 11) is -1.62. The van der Waals surface area contributed by atoms with Crippen LogP contribution in [0.4, 0.5) is 14.4 Å². The van der Waals surface area contributed by atoms with E-state index in [0.29, 0.717) is 31.4 Å². The van der Waals surface area contributed by atoms with Crippen molar-refractivity contribution in [1.29, 1.82) is 0 Å². The first kappa shape index (κ1) is 44.6. The summed E-state index contributed by atoms with van der Waals surface area (Å²) in [6, 6.07) is 8.95. The van der Waals surface area contributed by atoms with Gasteiger partial charge in [-0.05, 0) is 69.9 Å². The van der Waals surface area contributed by atoms with Gasteiger partial charge in [-0.15, -0.1) is 11.8 Å². The Labute approximate surface area is 336 Å². The third-order valence-corrected chi connectivity index (χ3v) is 12.9. The average molecular weight is 835 g/mol. The Kier molecular flexibility index (Phi) is 15.6. The van der Waals surface area contributed by atoms with E-state index < -0.39 is 63.1 Å². The second-order valence-electron chi connectivity index (χ2n) is 14.0. The van der Waals surface area contributed by atoms with Gasteiger partial charge in [-0.3, -0.25) is 9.59 Å². The second kappa shape index (κ2) is 19.9. The van der Waals surface area contributed by atoms with Crippen molar-refractivity contribution >= 4 is 57.8 Å². The Morgan fingerprint density at radius 1 is 0.860 bits per heavy atom. The molecule has 0 spiro atoms. The summed E-state index contributed by atoms with van der Waals surface area (Å²) in [5, 5.41) is 17.7. The van der Waals surface area contributed by atoms with Gasteiger partial charge < -0.3 is 45.1 Å². The van der Waals surface area contributed by atoms with Crippen LogP contribution in [0.2, 0.25) is 0 Å². The number of alkyl carbamates (subject to hydrolysis) is 2. The number of carboxylic acid groups (broad SMARTS) is 1. The molecular formula is C37H50N6O12S2. The summed E-state index contributed by atoms with van der Waals surface area (Å²) in [5.74, 6) is -2.18. The Morgan fingerprint density at radius 3 is 2.07 bits per heavy atom. The van der Waals surface area contributed by atoms with Crippen molar-refractivity contribution in [3.8, 4) is 5.75 Å². The Bertz CT molecular complexity index is 1870. The number of carboxylic acids is 1. The van der Waals surface area contributed by atoms with Gasteiger partial charge in [-0.25, -0.2) is 27.6 Å². The summed E-state index contributed by atoms with van der Waals surface area (Å²) in [6.07, 6.45) is -0.767. The molecule has 2 aliphatic rings. The van der Waals surface area contributed by atoms with Gasteiger partial charge in [0.1, 0.15) is 23.9 Å². The number of unbranched alkanes of at least 4 members (excludes halogenated alkanes) is 1. The average Bonchev–Trinajstić information content (AvgIpc) is 3.52. The number of methoxy groups -OCH3 is 2. The molecule has 1 unspecified atom stereocenters. The highest BCUT2D eigenvalue weighted by atomic mass is 32.2. The number of piperazine rings is 1. The van der Waals surface area contributed by atoms with Crippen molar-refractivity contribution in [2.24, 2.45) is 0 Å². The summed E-state index contributed by atoms with van der Waals surface area (Å²) >= 11 is 1.28. The van der Waals surface area contributed by atoms with Crippen molar-refractivity contribution in [3.05, 3.63) is 59.7 Å². The highest BCUT2D eigenvalue weighted by Crippen LogP contribution is 2.42. The molecule has 4 N–H and O–H groups in total. The molecule has 57 heavy (non-hydrogen) atoms. The van der Waals surface area contributed by atoms with E-state index in [1.165, 1.54) is 60.0 Å². The van der Waals surface area contributed by atoms with E-state index in [9.17, 15) is 42.3 Å². The number of hydrogen-bond acceptors (Lipinski definition) is 12. The molecule has 2 saturated heterocycles. The van der Waals surface area contributed by atoms with E-state index in [4.69, 9.17) is 4.74 Å². The molecule has 0 radical (unpaired) electrons. The van der Waals surface area contributed by atoms with Gasteiger partial charge in [0.05, 0.1) is 25.0 Å². The SMILES string of the molecule is COC(=O)NCCCCC(NC(=O)OC)C(=O)N1CCN(C(=O)Oc2ccc(C[C@@H](NC(=O)[C@H]3N(S(=O)(=O)c4ccc(C)cc4)CSC3(C)C)C(=O)O)cc2)CC1. The molecule has 2 fully saturated rings. The van der Waals surface area contributed by atoms with Crippen LogP contribution in [0, 0.1) is 6.92 Å². The molecule has 2 heterocycles. The molecular weight excluding hydrogens is 785 g/mol. The largest absolute Gasteiger partial charge is 0.480 e. The fraction of sp³-hybridized carbons (Fsp3) is 0.514. The Balaban J connectivity index is 1.30. The van der Waals surface area contributed by atoms with Gasteiger partial charge in [0.2, 0.25) is 21.8 Å². The molecule has 2 aromatic carbocycles. The highest BCUT2D eigenvalue weighted by Gasteiger charge is 2.51. The molecule has 3 atom stereocenters. The van der Waals surface area contributed by atoms with Crippen molar-refractivity contribution in [3.63, 3.8) is 0 Å². The number of aliphatic carboxylic acids is 1. The van der Waals surface area contributed by atoms with Crippen LogP contribution in [-0.2, 0) is 40.3 Å². The third kappa shape index (κ3) is 12.0. The van der Waals surface area contributed by atoms with Crippen molar-refractivity contribution in [1.82, 2.24) is 30.1 Å². The van der Waals surface area contributed by atoms with Crippen LogP contribution in [0.3, 0.4) is 0 Å². The number of aryl methyl sites for hydroxylation is 1. The maximum absolute atomic E-state index is 13.7. The summed E-state index contributed by atoms with van der Waals surface area (Å²) in [6.45, 7) is 6.33. The van der Waals surface area contributed by atoms with Crippen LogP contribution < -0.4 is 20.7 Å². The molecule has 5 amide bonds. The molecule has 0 bridgehead atoms. The van der Waals surface area contributed by atoms with Crippen LogP contribution in [0.5, 0.6) is 5.75 Å². The monoisotopic (exact) mass is 834 g/mol. The van der Waals surface area contributed by atoms with Crippen LogP contribution in [-0.4, -0.2) is 139 Å². The summed E-state index contributed by atoms with van der Waals surface area (Å²) in [5.41, 5.74) is 1.38. The Morgan fingerprint density at radius 2 is 1.47 bits per heavy atom. The lowest BCUT2D eigenvalue weighted by Crippen LogP contribution is -2.56. The van der Waals surface area contributed by atoms with Gasteiger partial charge in [0.15, 0.2) is 0 Å². The quantitative estimate of drug-likeness (QED) is 0.189. The Hall–Kier alpha value is -5.08. The molecule has 2 aliphatic heterocycles. The summed E-state index contributed by atoms with van der Waals surface area (Å²) in [4.78, 5) is 78.5. The second-order valence-corrected chi connectivity index (χ2v) is 17.5. The molecule has 0 aromatic heterocycles. The lowest BCUT2D eigenvalue weighted by Gasteiger charge is -2.35. The van der Waals surface area contributed by atoms with E-state index in [1.807, 2.05) is 6.92 Å². The standard InChI is InChI=1S/C37H50N6O12S2/c1-24-9-15-27(16-10-24)57(51,52)43-23-56-37(2,3)30(43)31(44)39-29(33(46)47)22-25-11-13-26(14-12-25)55-36(50)42-20-18-41(19-21-42)32(45)28(40-35(49)54-5)8-6-7-17-38-34(48)53-4/h9-16,28-30H,6-8,17-23H2,1-5H3,(H,38,48)(H,39,44)(H,40,49)(H,46,47)/t28?,29-,30-/m1/s1. The minimum atomic E-state index is -4.07. The summed E-state index contributed by atoms with van der Waals surface area (Å²) < 4.78 is 42.2. The molecule has 4 rings (SSSR count). The maximum atomic E-state index is 13.7. The minimum Gasteiger partial charge on any atom is -0.480 e. The van der Waals surface area contributed by atoms with Crippen LogP contribution >= 0.6 is 11.8 Å². The molecule has 20 heteroatoms. The fourth-order valence-electron chi connectivity index (χ4n) is 6.30. The molecule has 312 valence electrons. The molecule has 18 nitrogen and oxygen atoms in total. The number of nitrogens with one attached hydrogen (secondary N) is 3. The van der Waals surface area contributed by atoms with Gasteiger partial charge in [-0.1, -0.05) is 29.8 Å². The minimum absolute atomic E-state index is 0.0160. The number of carbonyl (C=O) groups is 6. The molecule has 2 aromatic rings. The smallest absolute Gasteiger partial charge is 0.415 e. The first-order chi connectivity index (χ1) is 27.0. The predicted octanol–water partition coefficient (Wildman–Crippen LogP) is 2.54. The van der Waals surface area contributed by atoms with Crippen molar-refractivity contribution in [2.75, 3.05) is 52.8 Å². The van der Waals surface area contributed by atoms with Crippen LogP contribution in [0.1, 0.15) is 44.2 Å². The van der Waals surface area contributed by atoms with E-state index in [1.54, 1.807) is 38.1 Å². The third-order valence-electron chi connectivity index (χ3n) is 9.57. The van der Waals surface area contributed by atoms with Crippen LogP contribution in [0.15, 0.2) is 53.4 Å².